The largest absolute Gasteiger partial charge is 0.433 e. The second kappa shape index (κ2) is 6.15. The molecule has 3 heterocycles. The molecule has 1 aromatic carbocycles. The van der Waals surface area contributed by atoms with Crippen LogP contribution in [0.15, 0.2) is 42.7 Å². The number of aromatic nitrogens is 3. The fourth-order valence-corrected chi connectivity index (χ4v) is 3.48. The van der Waals surface area contributed by atoms with Gasteiger partial charge in [0, 0.05) is 13.1 Å². The highest BCUT2D eigenvalue weighted by molar-refractivity contribution is 5.74. The lowest BCUT2D eigenvalue weighted by Gasteiger charge is -2.17. The summed E-state index contributed by atoms with van der Waals surface area (Å²) < 4.78 is 39.3. The highest BCUT2D eigenvalue weighted by atomic mass is 19.4. The first-order valence-corrected chi connectivity index (χ1v) is 8.18. The number of fused-ring (bicyclic) bond motifs is 1. The van der Waals surface area contributed by atoms with E-state index < -0.39 is 11.9 Å². The molecule has 0 spiro atoms. The Balaban J connectivity index is 1.58. The van der Waals surface area contributed by atoms with E-state index in [2.05, 4.69) is 32.0 Å². The summed E-state index contributed by atoms with van der Waals surface area (Å²) in [5, 5.41) is 0. The topological polar surface area (TPSA) is 44.8 Å². The summed E-state index contributed by atoms with van der Waals surface area (Å²) in [5.41, 5.74) is 1.67. The van der Waals surface area contributed by atoms with Crippen molar-refractivity contribution < 1.29 is 13.2 Å². The number of hydrogen-bond acceptors (Lipinski definition) is 3. The number of likely N-dealkylation sites (tertiary alicyclic amines) is 1. The van der Waals surface area contributed by atoms with Crippen LogP contribution < -0.4 is 0 Å². The maximum Gasteiger partial charge on any atom is 0.433 e. The molecule has 1 aliphatic rings. The minimum atomic E-state index is -4.47. The van der Waals surface area contributed by atoms with Crippen LogP contribution in [0.4, 0.5) is 13.2 Å². The Bertz CT molecular complexity index is 873. The van der Waals surface area contributed by atoms with Gasteiger partial charge in [0.2, 0.25) is 0 Å². The fraction of sp³-hybridized carbons (Fsp3) is 0.333. The van der Waals surface area contributed by atoms with E-state index in [9.17, 15) is 13.2 Å². The molecule has 130 valence electrons. The van der Waals surface area contributed by atoms with Gasteiger partial charge in [0.25, 0.3) is 0 Å². The lowest BCUT2D eigenvalue weighted by Crippen LogP contribution is -2.21. The first-order valence-electron chi connectivity index (χ1n) is 8.18. The number of aromatic amines is 1. The van der Waals surface area contributed by atoms with Gasteiger partial charge in [0.15, 0.2) is 5.65 Å². The van der Waals surface area contributed by atoms with Gasteiger partial charge < -0.3 is 4.98 Å². The molecule has 4 rings (SSSR count). The zero-order chi connectivity index (χ0) is 17.4. The Morgan fingerprint density at radius 3 is 2.76 bits per heavy atom. The maximum absolute atomic E-state index is 13.1. The van der Waals surface area contributed by atoms with E-state index in [-0.39, 0.29) is 5.65 Å². The van der Waals surface area contributed by atoms with Crippen LogP contribution in [0.2, 0.25) is 0 Å². The molecule has 3 aromatic rings. The van der Waals surface area contributed by atoms with Crippen molar-refractivity contribution in [2.75, 3.05) is 13.1 Å². The Hall–Kier alpha value is -2.41. The van der Waals surface area contributed by atoms with Gasteiger partial charge in [0.1, 0.15) is 5.69 Å². The molecular formula is C18H17F3N4. The van der Waals surface area contributed by atoms with E-state index in [0.717, 1.165) is 25.6 Å². The number of imidazole rings is 1. The monoisotopic (exact) mass is 346 g/mol. The SMILES string of the molecule is FC(F)(F)c1cc(CN2CCC(c3ccccc3)C2)c2[nH]cnc2n1. The summed E-state index contributed by atoms with van der Waals surface area (Å²) in [7, 11) is 0. The summed E-state index contributed by atoms with van der Waals surface area (Å²) >= 11 is 0. The second-order valence-corrected chi connectivity index (χ2v) is 6.40. The van der Waals surface area contributed by atoms with Crippen molar-refractivity contribution in [3.8, 4) is 0 Å². The van der Waals surface area contributed by atoms with Gasteiger partial charge in [-0.1, -0.05) is 30.3 Å². The third-order valence-corrected chi connectivity index (χ3v) is 4.71. The lowest BCUT2D eigenvalue weighted by atomic mass is 9.99. The molecule has 4 nitrogen and oxygen atoms in total. The van der Waals surface area contributed by atoms with Gasteiger partial charge in [-0.2, -0.15) is 13.2 Å². The molecule has 1 N–H and O–H groups in total. The number of hydrogen-bond donors (Lipinski definition) is 1. The third kappa shape index (κ3) is 3.24. The van der Waals surface area contributed by atoms with Gasteiger partial charge in [-0.15, -0.1) is 0 Å². The Morgan fingerprint density at radius 2 is 2.00 bits per heavy atom. The number of alkyl halides is 3. The standard InChI is InChI=1S/C18H17F3N4/c19-18(20,21)15-8-14(16-17(24-15)23-11-22-16)10-25-7-6-13(9-25)12-4-2-1-3-5-12/h1-5,8,11,13H,6-7,9-10H2,(H,22,23,24). The number of H-pyrrole nitrogens is 1. The molecule has 0 amide bonds. The quantitative estimate of drug-likeness (QED) is 0.781. The summed E-state index contributed by atoms with van der Waals surface area (Å²) in [6.07, 6.45) is -2.08. The average molecular weight is 346 g/mol. The first-order chi connectivity index (χ1) is 12.0. The molecular weight excluding hydrogens is 329 g/mol. The van der Waals surface area contributed by atoms with E-state index in [4.69, 9.17) is 0 Å². The molecule has 1 fully saturated rings. The predicted octanol–water partition coefficient (Wildman–Crippen LogP) is 3.97. The van der Waals surface area contributed by atoms with Crippen molar-refractivity contribution in [2.45, 2.75) is 25.1 Å². The third-order valence-electron chi connectivity index (χ3n) is 4.71. The van der Waals surface area contributed by atoms with Crippen LogP contribution in [-0.4, -0.2) is 32.9 Å². The van der Waals surface area contributed by atoms with Gasteiger partial charge in [0.05, 0.1) is 11.8 Å². The molecule has 0 radical (unpaired) electrons. The highest BCUT2D eigenvalue weighted by Crippen LogP contribution is 2.32. The number of pyridine rings is 1. The van der Waals surface area contributed by atoms with Crippen molar-refractivity contribution in [3.63, 3.8) is 0 Å². The van der Waals surface area contributed by atoms with E-state index in [1.807, 2.05) is 18.2 Å². The molecule has 25 heavy (non-hydrogen) atoms. The molecule has 1 unspecified atom stereocenters. The van der Waals surface area contributed by atoms with Crippen molar-refractivity contribution in [3.05, 3.63) is 59.5 Å². The molecule has 0 aliphatic carbocycles. The summed E-state index contributed by atoms with van der Waals surface area (Å²) in [6, 6.07) is 11.4. The summed E-state index contributed by atoms with van der Waals surface area (Å²) in [6.45, 7) is 2.15. The maximum atomic E-state index is 13.1. The van der Waals surface area contributed by atoms with Crippen molar-refractivity contribution >= 4 is 11.2 Å². The Morgan fingerprint density at radius 1 is 1.20 bits per heavy atom. The van der Waals surface area contributed by atoms with E-state index in [1.54, 1.807) is 0 Å². The number of benzene rings is 1. The lowest BCUT2D eigenvalue weighted by molar-refractivity contribution is -0.141. The molecule has 2 aromatic heterocycles. The minimum Gasteiger partial charge on any atom is -0.343 e. The van der Waals surface area contributed by atoms with Crippen LogP contribution in [0.1, 0.15) is 29.2 Å². The van der Waals surface area contributed by atoms with Crippen molar-refractivity contribution in [2.24, 2.45) is 0 Å². The van der Waals surface area contributed by atoms with Crippen LogP contribution in [0.3, 0.4) is 0 Å². The van der Waals surface area contributed by atoms with Crippen molar-refractivity contribution in [1.82, 2.24) is 19.9 Å². The number of halogens is 3. The zero-order valence-electron chi connectivity index (χ0n) is 13.4. The minimum absolute atomic E-state index is 0.114. The van der Waals surface area contributed by atoms with Crippen LogP contribution in [0, 0.1) is 0 Å². The Kier molecular flexibility index (Phi) is 3.95. The van der Waals surface area contributed by atoms with Crippen LogP contribution >= 0.6 is 0 Å². The number of nitrogens with one attached hydrogen (secondary N) is 1. The second-order valence-electron chi connectivity index (χ2n) is 6.40. The molecule has 1 atom stereocenters. The van der Waals surface area contributed by atoms with E-state index >= 15 is 0 Å². The average Bonchev–Trinajstić information content (AvgIpc) is 3.24. The Labute approximate surface area is 142 Å². The van der Waals surface area contributed by atoms with Crippen LogP contribution in [0.25, 0.3) is 11.2 Å². The molecule has 0 saturated carbocycles. The highest BCUT2D eigenvalue weighted by Gasteiger charge is 2.34. The van der Waals surface area contributed by atoms with Crippen LogP contribution in [0.5, 0.6) is 0 Å². The first kappa shape index (κ1) is 16.1. The van der Waals surface area contributed by atoms with Gasteiger partial charge >= 0.3 is 6.18 Å². The molecule has 0 bridgehead atoms. The smallest absolute Gasteiger partial charge is 0.343 e. The normalized spacial score (nSPS) is 18.9. The summed E-state index contributed by atoms with van der Waals surface area (Å²) in [4.78, 5) is 12.6. The fourth-order valence-electron chi connectivity index (χ4n) is 3.48. The predicted molar refractivity (Wildman–Crippen MR) is 88.0 cm³/mol. The van der Waals surface area contributed by atoms with Crippen LogP contribution in [-0.2, 0) is 12.7 Å². The number of rotatable bonds is 3. The zero-order valence-corrected chi connectivity index (χ0v) is 13.4. The van der Waals surface area contributed by atoms with E-state index in [0.29, 0.717) is 23.5 Å². The molecule has 7 heteroatoms. The summed E-state index contributed by atoms with van der Waals surface area (Å²) in [5.74, 6) is 0.419. The van der Waals surface area contributed by atoms with Gasteiger partial charge in [-0.05, 0) is 36.1 Å². The number of nitrogens with zero attached hydrogens (tertiary/aromatic N) is 3. The van der Waals surface area contributed by atoms with Gasteiger partial charge in [-0.3, -0.25) is 4.90 Å². The van der Waals surface area contributed by atoms with Crippen molar-refractivity contribution in [1.29, 1.82) is 0 Å². The van der Waals surface area contributed by atoms with E-state index in [1.165, 1.54) is 11.9 Å². The van der Waals surface area contributed by atoms with Gasteiger partial charge in [-0.25, -0.2) is 9.97 Å². The molecule has 1 aliphatic heterocycles. The molecule has 1 saturated heterocycles.